The van der Waals surface area contributed by atoms with Crippen LogP contribution in [0.15, 0.2) is 45.3 Å². The van der Waals surface area contributed by atoms with E-state index in [9.17, 15) is 9.59 Å². The van der Waals surface area contributed by atoms with E-state index < -0.39 is 6.09 Å². The number of halogens is 2. The van der Waals surface area contributed by atoms with Crippen LogP contribution in [0.25, 0.3) is 21.8 Å². The summed E-state index contributed by atoms with van der Waals surface area (Å²) in [6.07, 6.45) is 5.92. The maximum absolute atomic E-state index is 11.7. The molecule has 1 atom stereocenters. The number of hydrogen-bond donors (Lipinski definition) is 5. The Balaban J connectivity index is 0.000000162. The fourth-order valence-electron chi connectivity index (χ4n) is 5.47. The van der Waals surface area contributed by atoms with Crippen LogP contribution in [0.4, 0.5) is 4.79 Å². The number of aromatic amines is 2. The monoisotopic (exact) mass is 628 g/mol. The van der Waals surface area contributed by atoms with Gasteiger partial charge in [0, 0.05) is 55.5 Å². The Bertz CT molecular complexity index is 1460. The molecule has 0 bridgehead atoms. The number of carbonyl (C=O) groups excluding carboxylic acids is 1. The van der Waals surface area contributed by atoms with Gasteiger partial charge in [-0.05, 0) is 92.6 Å². The molecule has 37 heavy (non-hydrogen) atoms. The second kappa shape index (κ2) is 11.4. The third-order valence-electron chi connectivity index (χ3n) is 7.17. The van der Waals surface area contributed by atoms with Crippen LogP contribution in [0.5, 0.6) is 0 Å². The molecule has 0 radical (unpaired) electrons. The number of benzene rings is 2. The zero-order chi connectivity index (χ0) is 25.9. The van der Waals surface area contributed by atoms with Gasteiger partial charge < -0.3 is 25.7 Å². The lowest BCUT2D eigenvalue weighted by atomic mass is 9.91. The Morgan fingerprint density at radius 3 is 2.32 bits per heavy atom. The van der Waals surface area contributed by atoms with Crippen molar-refractivity contribution in [3.05, 3.63) is 67.9 Å². The molecule has 0 saturated heterocycles. The van der Waals surface area contributed by atoms with Crippen molar-refractivity contribution in [2.24, 2.45) is 0 Å². The van der Waals surface area contributed by atoms with Gasteiger partial charge in [-0.25, -0.2) is 4.79 Å². The molecule has 4 aromatic rings. The normalized spacial score (nSPS) is 16.7. The highest BCUT2D eigenvalue weighted by molar-refractivity contribution is 9.10. The van der Waals surface area contributed by atoms with Crippen LogP contribution in [0.2, 0.25) is 0 Å². The summed E-state index contributed by atoms with van der Waals surface area (Å²) in [5, 5.41) is 17.0. The van der Waals surface area contributed by atoms with E-state index in [4.69, 9.17) is 5.11 Å². The lowest BCUT2D eigenvalue weighted by molar-refractivity contribution is 0.0968. The number of ketones is 1. The van der Waals surface area contributed by atoms with Gasteiger partial charge >= 0.3 is 6.09 Å². The van der Waals surface area contributed by atoms with E-state index in [0.717, 1.165) is 58.8 Å². The molecule has 6 rings (SSSR count). The molecule has 1 unspecified atom stereocenters. The fraction of sp³-hybridized carbons (Fsp3) is 0.357. The molecule has 2 aliphatic carbocycles. The smallest absolute Gasteiger partial charge is 0.404 e. The number of aromatic nitrogens is 2. The first-order valence-corrected chi connectivity index (χ1v) is 14.3. The molecule has 2 aromatic carbocycles. The number of aryl methyl sites for hydroxylation is 2. The highest BCUT2D eigenvalue weighted by atomic mass is 79.9. The first-order valence-electron chi connectivity index (χ1n) is 12.7. The second-order valence-electron chi connectivity index (χ2n) is 9.64. The van der Waals surface area contributed by atoms with E-state index in [1.54, 1.807) is 0 Å². The predicted molar refractivity (Wildman–Crippen MR) is 154 cm³/mol. The van der Waals surface area contributed by atoms with Crippen LogP contribution in [0, 0.1) is 0 Å². The number of rotatable bonds is 5. The van der Waals surface area contributed by atoms with Gasteiger partial charge in [0.1, 0.15) is 0 Å². The predicted octanol–water partition coefficient (Wildman–Crippen LogP) is 7.00. The minimum atomic E-state index is -0.957. The van der Waals surface area contributed by atoms with Crippen molar-refractivity contribution < 1.29 is 14.7 Å². The summed E-state index contributed by atoms with van der Waals surface area (Å²) in [5.74, 6) is 0.253. The summed E-state index contributed by atoms with van der Waals surface area (Å²) in [7, 11) is 0. The molecule has 5 N–H and O–H groups in total. The summed E-state index contributed by atoms with van der Waals surface area (Å²) in [6, 6.07) is 12.8. The number of carboxylic acid groups (broad SMARTS) is 1. The maximum atomic E-state index is 11.7. The van der Waals surface area contributed by atoms with Gasteiger partial charge in [-0.3, -0.25) is 4.79 Å². The highest BCUT2D eigenvalue weighted by Crippen LogP contribution is 2.36. The van der Waals surface area contributed by atoms with Crippen LogP contribution in [-0.4, -0.2) is 40.0 Å². The van der Waals surface area contributed by atoms with E-state index in [-0.39, 0.29) is 5.78 Å². The van der Waals surface area contributed by atoms with Crippen molar-refractivity contribution in [2.45, 2.75) is 51.0 Å². The van der Waals surface area contributed by atoms with E-state index in [2.05, 4.69) is 76.7 Å². The quantitative estimate of drug-likeness (QED) is 0.153. The molecular weight excluding hydrogens is 600 g/mol. The van der Waals surface area contributed by atoms with E-state index >= 15 is 0 Å². The standard InChI is InChI=1S/C16H20BrN3O2.C12H10BrNO/c17-10-5-6-13-12(9-10)11-3-1-4-14(15(11)20-13)18-7-2-8-19-16(21)22;13-7-4-5-10-9(6-7)8-2-1-3-11(15)12(8)14-10/h5-6,9,14,18-20H,1-4,7-8H2,(H,21,22);4-6,14H,1-3H2. The molecule has 0 fully saturated rings. The van der Waals surface area contributed by atoms with Crippen molar-refractivity contribution in [3.8, 4) is 0 Å². The molecule has 2 aliphatic rings. The van der Waals surface area contributed by atoms with Crippen molar-refractivity contribution in [1.29, 1.82) is 0 Å². The number of Topliss-reactive ketones (excluding diaryl/α,β-unsaturated/α-hetero) is 1. The Morgan fingerprint density at radius 2 is 1.59 bits per heavy atom. The first-order chi connectivity index (χ1) is 17.9. The summed E-state index contributed by atoms with van der Waals surface area (Å²) < 4.78 is 2.17. The number of fused-ring (bicyclic) bond motifs is 6. The van der Waals surface area contributed by atoms with Crippen LogP contribution >= 0.6 is 31.9 Å². The zero-order valence-electron chi connectivity index (χ0n) is 20.4. The maximum Gasteiger partial charge on any atom is 0.404 e. The van der Waals surface area contributed by atoms with Crippen LogP contribution < -0.4 is 10.6 Å². The molecule has 1 amide bonds. The Morgan fingerprint density at radius 1 is 0.919 bits per heavy atom. The Hall–Kier alpha value is -2.62. The van der Waals surface area contributed by atoms with Gasteiger partial charge in [-0.15, -0.1) is 0 Å². The summed E-state index contributed by atoms with van der Waals surface area (Å²) in [6.45, 7) is 1.30. The van der Waals surface area contributed by atoms with Gasteiger partial charge in [0.15, 0.2) is 5.78 Å². The van der Waals surface area contributed by atoms with Gasteiger partial charge in [0.05, 0.1) is 5.69 Å². The molecule has 7 nitrogen and oxygen atoms in total. The van der Waals surface area contributed by atoms with E-state index in [1.807, 2.05) is 12.1 Å². The SMILES string of the molecule is O=C(O)NCCCNC1CCCc2c1[nH]c1ccc(Br)cc21.O=C1CCCc2c1[nH]c1ccc(Br)cc21. The van der Waals surface area contributed by atoms with Crippen LogP contribution in [0.1, 0.15) is 65.5 Å². The zero-order valence-corrected chi connectivity index (χ0v) is 23.6. The highest BCUT2D eigenvalue weighted by Gasteiger charge is 2.24. The topological polar surface area (TPSA) is 110 Å². The minimum Gasteiger partial charge on any atom is -0.465 e. The molecule has 0 aliphatic heterocycles. The summed E-state index contributed by atoms with van der Waals surface area (Å²) in [4.78, 5) is 28.9. The van der Waals surface area contributed by atoms with E-state index in [0.29, 0.717) is 19.0 Å². The second-order valence-corrected chi connectivity index (χ2v) is 11.5. The minimum absolute atomic E-state index is 0.253. The molecule has 0 saturated carbocycles. The number of hydrogen-bond acceptors (Lipinski definition) is 3. The lowest BCUT2D eigenvalue weighted by Crippen LogP contribution is -2.29. The number of nitrogens with one attached hydrogen (secondary N) is 4. The van der Waals surface area contributed by atoms with Crippen LogP contribution in [-0.2, 0) is 12.8 Å². The molecule has 194 valence electrons. The van der Waals surface area contributed by atoms with Crippen molar-refractivity contribution in [3.63, 3.8) is 0 Å². The Kier molecular flexibility index (Phi) is 8.02. The third-order valence-corrected chi connectivity index (χ3v) is 8.15. The largest absolute Gasteiger partial charge is 0.465 e. The molecule has 2 heterocycles. The molecule has 9 heteroatoms. The average Bonchev–Trinajstić information content (AvgIpc) is 3.43. The fourth-order valence-corrected chi connectivity index (χ4v) is 6.19. The van der Waals surface area contributed by atoms with E-state index in [1.165, 1.54) is 39.5 Å². The molecule has 0 spiro atoms. The molecule has 2 aromatic heterocycles. The summed E-state index contributed by atoms with van der Waals surface area (Å²) in [5.41, 5.74) is 7.00. The third kappa shape index (κ3) is 5.78. The van der Waals surface area contributed by atoms with Gasteiger partial charge in [0.25, 0.3) is 0 Å². The van der Waals surface area contributed by atoms with Crippen molar-refractivity contribution in [2.75, 3.05) is 13.1 Å². The Labute approximate surface area is 232 Å². The number of carbonyl (C=O) groups is 2. The summed E-state index contributed by atoms with van der Waals surface area (Å²) >= 11 is 7.01. The molecular formula is C28H30Br2N4O3. The van der Waals surface area contributed by atoms with Gasteiger partial charge in [-0.2, -0.15) is 0 Å². The van der Waals surface area contributed by atoms with Crippen molar-refractivity contribution >= 4 is 65.5 Å². The first kappa shape index (κ1) is 26.0. The average molecular weight is 630 g/mol. The number of amides is 1. The van der Waals surface area contributed by atoms with Crippen LogP contribution in [0.3, 0.4) is 0 Å². The number of H-pyrrole nitrogens is 2. The van der Waals surface area contributed by atoms with Gasteiger partial charge in [0.2, 0.25) is 0 Å². The lowest BCUT2D eigenvalue weighted by Gasteiger charge is -2.24. The van der Waals surface area contributed by atoms with Gasteiger partial charge in [-0.1, -0.05) is 31.9 Å². The van der Waals surface area contributed by atoms with Crippen molar-refractivity contribution in [1.82, 2.24) is 20.6 Å².